The van der Waals surface area contributed by atoms with Crippen molar-refractivity contribution in [2.24, 2.45) is 5.92 Å². The van der Waals surface area contributed by atoms with Crippen LogP contribution in [-0.4, -0.2) is 19.6 Å². The summed E-state index contributed by atoms with van der Waals surface area (Å²) in [6, 6.07) is 5.79. The van der Waals surface area contributed by atoms with Crippen molar-refractivity contribution in [3.05, 3.63) is 29.3 Å². The van der Waals surface area contributed by atoms with Crippen molar-refractivity contribution in [2.45, 2.75) is 26.4 Å². The first-order valence-corrected chi connectivity index (χ1v) is 6.36. The molecule has 94 valence electrons. The Kier molecular flexibility index (Phi) is 4.00. The van der Waals surface area contributed by atoms with Gasteiger partial charge in [-0.1, -0.05) is 12.1 Å². The van der Waals surface area contributed by atoms with Crippen LogP contribution < -0.4 is 10.6 Å². The number of aryl methyl sites for hydroxylation is 1. The number of hydrogen-bond donors (Lipinski definition) is 2. The summed E-state index contributed by atoms with van der Waals surface area (Å²) in [5, 5.41) is 6.82. The maximum Gasteiger partial charge on any atom is 0.122 e. The van der Waals surface area contributed by atoms with Crippen molar-refractivity contribution in [3.8, 4) is 0 Å². The molecule has 0 spiro atoms. The minimum absolute atomic E-state index is 0.717. The van der Waals surface area contributed by atoms with Gasteiger partial charge in [0.05, 0.1) is 0 Å². The predicted molar refractivity (Wildman–Crippen MR) is 70.2 cm³/mol. The zero-order chi connectivity index (χ0) is 12.3. The third-order valence-electron chi connectivity index (χ3n) is 3.45. The van der Waals surface area contributed by atoms with Gasteiger partial charge < -0.3 is 10.6 Å². The van der Waals surface area contributed by atoms with Crippen molar-refractivity contribution in [2.75, 3.05) is 25.0 Å². The Morgan fingerprint density at radius 2 is 2.35 bits per heavy atom. The van der Waals surface area contributed by atoms with E-state index in [1.54, 1.807) is 6.92 Å². The molecule has 1 aromatic rings. The lowest BCUT2D eigenvalue weighted by atomic mass is 10.1. The lowest BCUT2D eigenvalue weighted by Gasteiger charge is -2.14. The second-order valence-corrected chi connectivity index (χ2v) is 4.93. The van der Waals surface area contributed by atoms with Gasteiger partial charge in [0.25, 0.3) is 0 Å². The molecule has 2 rings (SSSR count). The van der Waals surface area contributed by atoms with Crippen LogP contribution in [0.25, 0.3) is 0 Å². The second kappa shape index (κ2) is 5.50. The fourth-order valence-electron chi connectivity index (χ4n) is 2.28. The van der Waals surface area contributed by atoms with E-state index < -0.39 is 6.17 Å². The molecule has 2 N–H and O–H groups in total. The molecular weight excluding hydrogens is 215 g/mol. The van der Waals surface area contributed by atoms with Crippen LogP contribution in [0.5, 0.6) is 0 Å². The molecule has 3 heteroatoms. The van der Waals surface area contributed by atoms with Gasteiger partial charge in [0.2, 0.25) is 0 Å². The van der Waals surface area contributed by atoms with Gasteiger partial charge in [-0.2, -0.15) is 0 Å². The third kappa shape index (κ3) is 3.19. The van der Waals surface area contributed by atoms with Gasteiger partial charge in [-0.15, -0.1) is 0 Å². The molecule has 1 fully saturated rings. The summed E-state index contributed by atoms with van der Waals surface area (Å²) in [6.07, 6.45) is 0.354. The van der Waals surface area contributed by atoms with E-state index in [4.69, 9.17) is 0 Å². The highest BCUT2D eigenvalue weighted by molar-refractivity contribution is 5.52. The molecule has 0 amide bonds. The maximum absolute atomic E-state index is 13.1. The summed E-state index contributed by atoms with van der Waals surface area (Å²) in [5.74, 6) is 0.717. The van der Waals surface area contributed by atoms with Crippen molar-refractivity contribution in [1.29, 1.82) is 0 Å². The Bertz CT molecular complexity index is 370. The first-order valence-electron chi connectivity index (χ1n) is 6.36. The van der Waals surface area contributed by atoms with E-state index in [-0.39, 0.29) is 0 Å². The van der Waals surface area contributed by atoms with Crippen LogP contribution in [-0.2, 0) is 0 Å². The average molecular weight is 236 g/mol. The van der Waals surface area contributed by atoms with Gasteiger partial charge in [0, 0.05) is 12.2 Å². The number of anilines is 1. The predicted octanol–water partition coefficient (Wildman–Crippen LogP) is 3.05. The topological polar surface area (TPSA) is 24.1 Å². The van der Waals surface area contributed by atoms with E-state index in [9.17, 15) is 4.39 Å². The van der Waals surface area contributed by atoms with Gasteiger partial charge in [0.1, 0.15) is 6.17 Å². The number of rotatable bonds is 4. The summed E-state index contributed by atoms with van der Waals surface area (Å²) < 4.78 is 13.1. The fraction of sp³-hybridized carbons (Fsp3) is 0.571. The molecule has 0 radical (unpaired) electrons. The lowest BCUT2D eigenvalue weighted by molar-refractivity contribution is 0.374. The molecule has 0 aromatic heterocycles. The Morgan fingerprint density at radius 1 is 1.53 bits per heavy atom. The molecule has 1 aliphatic heterocycles. The molecule has 0 aliphatic carbocycles. The first-order chi connectivity index (χ1) is 8.16. The smallest absolute Gasteiger partial charge is 0.122 e. The van der Waals surface area contributed by atoms with Gasteiger partial charge in [-0.3, -0.25) is 0 Å². The summed E-state index contributed by atoms with van der Waals surface area (Å²) in [6.45, 7) is 6.83. The average Bonchev–Trinajstić information content (AvgIpc) is 2.80. The number of alkyl halides is 1. The van der Waals surface area contributed by atoms with E-state index >= 15 is 0 Å². The van der Waals surface area contributed by atoms with E-state index in [0.29, 0.717) is 5.92 Å². The van der Waals surface area contributed by atoms with Crippen molar-refractivity contribution >= 4 is 5.69 Å². The molecule has 2 nitrogen and oxygen atoms in total. The SMILES string of the molecule is Cc1cc(C(C)F)ccc1NCC1CCNC1. The minimum Gasteiger partial charge on any atom is -0.385 e. The fourth-order valence-corrected chi connectivity index (χ4v) is 2.28. The highest BCUT2D eigenvalue weighted by atomic mass is 19.1. The third-order valence-corrected chi connectivity index (χ3v) is 3.45. The van der Waals surface area contributed by atoms with E-state index in [2.05, 4.69) is 10.6 Å². The maximum atomic E-state index is 13.1. The van der Waals surface area contributed by atoms with Crippen LogP contribution in [0, 0.1) is 12.8 Å². The number of hydrogen-bond acceptors (Lipinski definition) is 2. The van der Waals surface area contributed by atoms with Gasteiger partial charge in [-0.05, 0) is 56.5 Å². The quantitative estimate of drug-likeness (QED) is 0.839. The Balaban J connectivity index is 1.96. The largest absolute Gasteiger partial charge is 0.385 e. The summed E-state index contributed by atoms with van der Waals surface area (Å²) >= 11 is 0. The van der Waals surface area contributed by atoms with Crippen molar-refractivity contribution in [3.63, 3.8) is 0 Å². The number of halogens is 1. The van der Waals surface area contributed by atoms with Crippen LogP contribution in [0.2, 0.25) is 0 Å². The lowest BCUT2D eigenvalue weighted by Crippen LogP contribution is -2.17. The van der Waals surface area contributed by atoms with Crippen LogP contribution >= 0.6 is 0 Å². The highest BCUT2D eigenvalue weighted by Crippen LogP contribution is 2.23. The van der Waals surface area contributed by atoms with Gasteiger partial charge in [-0.25, -0.2) is 4.39 Å². The number of benzene rings is 1. The van der Waals surface area contributed by atoms with Crippen molar-refractivity contribution < 1.29 is 4.39 Å². The van der Waals surface area contributed by atoms with Gasteiger partial charge in [0.15, 0.2) is 0 Å². The molecule has 17 heavy (non-hydrogen) atoms. The van der Waals surface area contributed by atoms with Crippen LogP contribution in [0.1, 0.15) is 30.6 Å². The molecule has 0 bridgehead atoms. The molecule has 1 heterocycles. The normalized spacial score (nSPS) is 21.5. The summed E-state index contributed by atoms with van der Waals surface area (Å²) in [7, 11) is 0. The van der Waals surface area contributed by atoms with E-state index in [1.165, 1.54) is 6.42 Å². The monoisotopic (exact) mass is 236 g/mol. The zero-order valence-corrected chi connectivity index (χ0v) is 10.6. The Morgan fingerprint density at radius 3 is 2.94 bits per heavy atom. The Labute approximate surface area is 103 Å². The summed E-state index contributed by atoms with van der Waals surface area (Å²) in [4.78, 5) is 0. The van der Waals surface area contributed by atoms with E-state index in [0.717, 1.165) is 36.4 Å². The zero-order valence-electron chi connectivity index (χ0n) is 10.6. The van der Waals surface area contributed by atoms with Crippen LogP contribution in [0.15, 0.2) is 18.2 Å². The standard InChI is InChI=1S/C14H21FN2/c1-10-7-13(11(2)15)3-4-14(10)17-9-12-5-6-16-8-12/h3-4,7,11-12,16-17H,5-6,8-9H2,1-2H3. The number of nitrogens with one attached hydrogen (secondary N) is 2. The van der Waals surface area contributed by atoms with E-state index in [1.807, 2.05) is 25.1 Å². The van der Waals surface area contributed by atoms with Gasteiger partial charge >= 0.3 is 0 Å². The molecule has 1 aliphatic rings. The van der Waals surface area contributed by atoms with Crippen LogP contribution in [0.4, 0.5) is 10.1 Å². The first kappa shape index (κ1) is 12.4. The van der Waals surface area contributed by atoms with Crippen LogP contribution in [0.3, 0.4) is 0 Å². The molecule has 2 unspecified atom stereocenters. The van der Waals surface area contributed by atoms with Crippen molar-refractivity contribution in [1.82, 2.24) is 5.32 Å². The summed E-state index contributed by atoms with van der Waals surface area (Å²) in [5.41, 5.74) is 3.01. The molecule has 1 aromatic carbocycles. The molecule has 1 saturated heterocycles. The second-order valence-electron chi connectivity index (χ2n) is 4.93. The molecule has 2 atom stereocenters. The minimum atomic E-state index is -0.887. The Hall–Kier alpha value is -1.09. The highest BCUT2D eigenvalue weighted by Gasteiger charge is 2.14. The molecular formula is C14H21FN2. The molecule has 0 saturated carbocycles.